The van der Waals surface area contributed by atoms with E-state index in [0.29, 0.717) is 37.0 Å². The van der Waals surface area contributed by atoms with Gasteiger partial charge in [0.05, 0.1) is 15.9 Å². The Morgan fingerprint density at radius 3 is 2.32 bits per heavy atom. The van der Waals surface area contributed by atoms with Crippen LogP contribution in [0.2, 0.25) is 0 Å². The predicted octanol–water partition coefficient (Wildman–Crippen LogP) is 0.166. The highest BCUT2D eigenvalue weighted by Gasteiger charge is 2.26. The highest BCUT2D eigenvalue weighted by Crippen LogP contribution is 2.19. The van der Waals surface area contributed by atoms with Crippen LogP contribution in [0, 0.1) is 0 Å². The van der Waals surface area contributed by atoms with E-state index in [-0.39, 0.29) is 22.5 Å². The molecule has 1 amide bonds. The number of aromatic nitrogens is 2. The summed E-state index contributed by atoms with van der Waals surface area (Å²) in [7, 11) is -0.418. The molecule has 0 aliphatic carbocycles. The van der Waals surface area contributed by atoms with Crippen LogP contribution < -0.4 is 10.4 Å². The summed E-state index contributed by atoms with van der Waals surface area (Å²) in [6, 6.07) is 4.47. The van der Waals surface area contributed by atoms with Crippen LogP contribution in [0.25, 0.3) is 11.0 Å². The second-order valence-electron chi connectivity index (χ2n) is 6.45. The number of likely N-dealkylation sites (tertiary alicyclic amines) is 1. The highest BCUT2D eigenvalue weighted by atomic mass is 32.2. The summed E-state index contributed by atoms with van der Waals surface area (Å²) in [4.78, 5) is 25.2. The quantitative estimate of drug-likeness (QED) is 0.838. The first-order valence-electron chi connectivity index (χ1n) is 8.14. The summed E-state index contributed by atoms with van der Waals surface area (Å²) in [6.07, 6.45) is 1.18. The van der Waals surface area contributed by atoms with Gasteiger partial charge < -0.3 is 4.90 Å². The van der Waals surface area contributed by atoms with Gasteiger partial charge in [-0.2, -0.15) is 0 Å². The van der Waals surface area contributed by atoms with Crippen molar-refractivity contribution in [2.45, 2.75) is 30.7 Å². The molecular weight excluding hydrogens is 344 g/mol. The topological polar surface area (TPSA) is 93.4 Å². The lowest BCUT2D eigenvalue weighted by Crippen LogP contribution is -2.45. The first-order valence-corrected chi connectivity index (χ1v) is 9.62. The number of nitrogens with one attached hydrogen (secondary N) is 1. The van der Waals surface area contributed by atoms with Crippen LogP contribution in [0.15, 0.2) is 27.9 Å². The Labute approximate surface area is 146 Å². The first kappa shape index (κ1) is 17.7. The number of benzene rings is 1. The number of carbonyl (C=O) groups is 1. The molecule has 0 radical (unpaired) electrons. The third kappa shape index (κ3) is 3.21. The van der Waals surface area contributed by atoms with E-state index >= 15 is 0 Å². The highest BCUT2D eigenvalue weighted by molar-refractivity contribution is 7.89. The van der Waals surface area contributed by atoms with E-state index < -0.39 is 10.0 Å². The maximum atomic E-state index is 12.7. The van der Waals surface area contributed by atoms with Gasteiger partial charge in [-0.1, -0.05) is 0 Å². The molecule has 1 aromatic carbocycles. The fraction of sp³-hybridized carbons (Fsp3) is 0.500. The third-order valence-electron chi connectivity index (χ3n) is 4.82. The van der Waals surface area contributed by atoms with Crippen LogP contribution in [-0.4, -0.2) is 47.5 Å². The Kier molecular flexibility index (Phi) is 4.46. The van der Waals surface area contributed by atoms with Crippen molar-refractivity contribution < 1.29 is 13.2 Å². The average Bonchev–Trinajstić information content (AvgIpc) is 2.79. The number of hydrogen-bond donors (Lipinski definition) is 1. The van der Waals surface area contributed by atoms with Crippen LogP contribution in [0.3, 0.4) is 0 Å². The SMILES string of the molecule is CC(=O)N1CCC(NS(=O)(=O)c2ccc3c(c2)n(C)c(=O)n3C)CC1. The molecule has 1 saturated heterocycles. The lowest BCUT2D eigenvalue weighted by molar-refractivity contribution is -0.129. The predicted molar refractivity (Wildman–Crippen MR) is 93.8 cm³/mol. The molecule has 8 nitrogen and oxygen atoms in total. The average molecular weight is 366 g/mol. The maximum Gasteiger partial charge on any atom is 0.328 e. The molecule has 1 aliphatic rings. The minimum absolute atomic E-state index is 0.0109. The molecule has 3 rings (SSSR count). The molecule has 1 fully saturated rings. The summed E-state index contributed by atoms with van der Waals surface area (Å²) in [6.45, 7) is 2.62. The summed E-state index contributed by atoms with van der Waals surface area (Å²) >= 11 is 0. The Hall–Kier alpha value is -2.13. The van der Waals surface area contributed by atoms with Crippen LogP contribution in [0.5, 0.6) is 0 Å². The molecule has 2 aromatic rings. The second kappa shape index (κ2) is 6.30. The molecule has 0 atom stereocenters. The molecule has 2 heterocycles. The van der Waals surface area contributed by atoms with Crippen LogP contribution >= 0.6 is 0 Å². The molecule has 9 heteroatoms. The monoisotopic (exact) mass is 366 g/mol. The van der Waals surface area contributed by atoms with E-state index in [1.165, 1.54) is 28.2 Å². The van der Waals surface area contributed by atoms with E-state index in [2.05, 4.69) is 4.72 Å². The van der Waals surface area contributed by atoms with Gasteiger partial charge >= 0.3 is 5.69 Å². The van der Waals surface area contributed by atoms with Crippen LogP contribution in [0.4, 0.5) is 0 Å². The molecule has 1 aliphatic heterocycles. The molecule has 25 heavy (non-hydrogen) atoms. The zero-order valence-electron chi connectivity index (χ0n) is 14.5. The van der Waals surface area contributed by atoms with Crippen molar-refractivity contribution in [1.29, 1.82) is 0 Å². The van der Waals surface area contributed by atoms with E-state index in [0.717, 1.165) is 0 Å². The first-order chi connectivity index (χ1) is 11.7. The minimum Gasteiger partial charge on any atom is -0.343 e. The standard InChI is InChI=1S/C16H22N4O4S/c1-11(21)20-8-6-12(7-9-20)17-25(23,24)13-4-5-14-15(10-13)19(3)16(22)18(14)2/h4-5,10,12,17H,6-9H2,1-3H3. The number of imidazole rings is 1. The van der Waals surface area contributed by atoms with Crippen molar-refractivity contribution in [1.82, 2.24) is 18.8 Å². The number of piperidine rings is 1. The van der Waals surface area contributed by atoms with Gasteiger partial charge in [0.2, 0.25) is 15.9 Å². The number of fused-ring (bicyclic) bond motifs is 1. The summed E-state index contributed by atoms with van der Waals surface area (Å²) in [5.41, 5.74) is 1.05. The number of amides is 1. The minimum atomic E-state index is -3.69. The lowest BCUT2D eigenvalue weighted by atomic mass is 10.1. The number of carbonyl (C=O) groups excluding carboxylic acids is 1. The van der Waals surface area contributed by atoms with Crippen molar-refractivity contribution >= 4 is 27.0 Å². The van der Waals surface area contributed by atoms with Crippen molar-refractivity contribution in [3.8, 4) is 0 Å². The largest absolute Gasteiger partial charge is 0.343 e. The van der Waals surface area contributed by atoms with Gasteiger partial charge in [-0.25, -0.2) is 17.9 Å². The Morgan fingerprint density at radius 2 is 1.72 bits per heavy atom. The maximum absolute atomic E-state index is 12.7. The van der Waals surface area contributed by atoms with Crippen molar-refractivity contribution in [2.24, 2.45) is 14.1 Å². The van der Waals surface area contributed by atoms with Gasteiger partial charge in [-0.3, -0.25) is 13.9 Å². The number of nitrogens with zero attached hydrogens (tertiary/aromatic N) is 3. The fourth-order valence-corrected chi connectivity index (χ4v) is 4.58. The zero-order valence-corrected chi connectivity index (χ0v) is 15.3. The zero-order chi connectivity index (χ0) is 18.4. The van der Waals surface area contributed by atoms with Crippen molar-refractivity contribution in [3.63, 3.8) is 0 Å². The van der Waals surface area contributed by atoms with E-state index in [9.17, 15) is 18.0 Å². The Morgan fingerprint density at radius 1 is 1.12 bits per heavy atom. The molecule has 0 spiro atoms. The second-order valence-corrected chi connectivity index (χ2v) is 8.17. The molecular formula is C16H22N4O4S. The molecule has 1 aromatic heterocycles. The smallest absolute Gasteiger partial charge is 0.328 e. The molecule has 0 saturated carbocycles. The van der Waals surface area contributed by atoms with E-state index in [1.54, 1.807) is 25.1 Å². The van der Waals surface area contributed by atoms with E-state index in [4.69, 9.17) is 0 Å². The van der Waals surface area contributed by atoms with Gasteiger partial charge in [0.25, 0.3) is 0 Å². The summed E-state index contributed by atoms with van der Waals surface area (Å²) in [5, 5.41) is 0. The van der Waals surface area contributed by atoms with Gasteiger partial charge in [-0.15, -0.1) is 0 Å². The molecule has 0 unspecified atom stereocenters. The van der Waals surface area contributed by atoms with Crippen LogP contribution in [-0.2, 0) is 28.9 Å². The fourth-order valence-electron chi connectivity index (χ4n) is 3.25. The number of hydrogen-bond acceptors (Lipinski definition) is 4. The Bertz CT molecular complexity index is 981. The van der Waals surface area contributed by atoms with Crippen molar-refractivity contribution in [3.05, 3.63) is 28.7 Å². The molecule has 0 bridgehead atoms. The summed E-state index contributed by atoms with van der Waals surface area (Å²) < 4.78 is 31.0. The van der Waals surface area contributed by atoms with Crippen molar-refractivity contribution in [2.75, 3.05) is 13.1 Å². The third-order valence-corrected chi connectivity index (χ3v) is 6.33. The number of sulfonamides is 1. The number of rotatable bonds is 3. The van der Waals surface area contributed by atoms with Gasteiger partial charge in [0, 0.05) is 40.2 Å². The Balaban J connectivity index is 1.83. The molecule has 1 N–H and O–H groups in total. The lowest BCUT2D eigenvalue weighted by Gasteiger charge is -2.31. The number of aryl methyl sites for hydroxylation is 2. The van der Waals surface area contributed by atoms with E-state index in [1.807, 2.05) is 0 Å². The van der Waals surface area contributed by atoms with Crippen LogP contribution in [0.1, 0.15) is 19.8 Å². The van der Waals surface area contributed by atoms with Gasteiger partial charge in [0.1, 0.15) is 0 Å². The van der Waals surface area contributed by atoms with Gasteiger partial charge in [0.15, 0.2) is 0 Å². The molecule has 136 valence electrons. The summed E-state index contributed by atoms with van der Waals surface area (Å²) in [5.74, 6) is 0.0109. The normalized spacial score (nSPS) is 16.5. The van der Waals surface area contributed by atoms with Gasteiger partial charge in [-0.05, 0) is 31.0 Å².